The van der Waals surface area contributed by atoms with E-state index in [9.17, 15) is 27.9 Å². The van der Waals surface area contributed by atoms with Crippen molar-refractivity contribution in [3.05, 3.63) is 83.1 Å². The number of piperazine rings is 1. The topological polar surface area (TPSA) is 124 Å². The number of aliphatic carboxylic acids is 1. The summed E-state index contributed by atoms with van der Waals surface area (Å²) in [6, 6.07) is 14.4. The number of rotatable bonds is 10. The number of amides is 1. The molecule has 0 bridgehead atoms. The molecule has 0 unspecified atom stereocenters. The Balaban J connectivity index is 1.30. The zero-order valence-corrected chi connectivity index (χ0v) is 24.2. The number of carboxylic acids is 1. The van der Waals surface area contributed by atoms with Gasteiger partial charge in [-0.1, -0.05) is 36.4 Å². The maximum atomic E-state index is 13.3. The lowest BCUT2D eigenvalue weighted by Crippen LogP contribution is -2.47. The van der Waals surface area contributed by atoms with E-state index in [0.717, 1.165) is 22.7 Å². The van der Waals surface area contributed by atoms with Crippen LogP contribution in [0.15, 0.2) is 66.2 Å². The van der Waals surface area contributed by atoms with Crippen LogP contribution in [0.5, 0.6) is 0 Å². The van der Waals surface area contributed by atoms with Gasteiger partial charge in [0.1, 0.15) is 23.2 Å². The predicted octanol–water partition coefficient (Wildman–Crippen LogP) is 4.46. The number of hydrogen-bond donors (Lipinski definition) is 2. The molecule has 15 heteroatoms. The minimum Gasteiger partial charge on any atom is -0.480 e. The van der Waals surface area contributed by atoms with Crippen molar-refractivity contribution >= 4 is 46.7 Å². The Labute approximate surface area is 253 Å². The summed E-state index contributed by atoms with van der Waals surface area (Å²) in [6.07, 6.45) is -3.49. The number of aromatic nitrogens is 4. The molecule has 1 fully saturated rings. The Morgan fingerprint density at radius 1 is 1.00 bits per heavy atom. The molecule has 10 nitrogen and oxygen atoms in total. The smallest absolute Gasteiger partial charge is 0.433 e. The molecule has 1 saturated heterocycles. The first-order chi connectivity index (χ1) is 20.7. The minimum atomic E-state index is -4.57. The highest BCUT2D eigenvalue weighted by Gasteiger charge is 2.33. The fraction of sp³-hybridized carbons (Fsp3) is 0.286. The van der Waals surface area contributed by atoms with E-state index in [4.69, 9.17) is 0 Å². The van der Waals surface area contributed by atoms with E-state index in [1.54, 1.807) is 4.90 Å². The van der Waals surface area contributed by atoms with Gasteiger partial charge >= 0.3 is 12.1 Å². The molecule has 1 aromatic carbocycles. The van der Waals surface area contributed by atoms with Crippen LogP contribution in [0.3, 0.4) is 0 Å². The van der Waals surface area contributed by atoms with Gasteiger partial charge in [0.2, 0.25) is 5.95 Å². The maximum absolute atomic E-state index is 13.3. The van der Waals surface area contributed by atoms with Gasteiger partial charge in [0.25, 0.3) is 5.91 Å². The number of thioether (sulfide) groups is 1. The van der Waals surface area contributed by atoms with Crippen LogP contribution in [0, 0.1) is 0 Å². The van der Waals surface area contributed by atoms with Gasteiger partial charge in [0, 0.05) is 49.9 Å². The molecule has 0 saturated carbocycles. The van der Waals surface area contributed by atoms with Gasteiger partial charge in [-0.3, -0.25) is 4.79 Å². The van der Waals surface area contributed by atoms with Crippen molar-refractivity contribution in [2.45, 2.75) is 18.0 Å². The summed E-state index contributed by atoms with van der Waals surface area (Å²) in [4.78, 5) is 46.3. The van der Waals surface area contributed by atoms with Crippen LogP contribution in [0.1, 0.15) is 21.7 Å². The first-order valence-corrected chi connectivity index (χ1v) is 15.2. The van der Waals surface area contributed by atoms with Gasteiger partial charge in [0.15, 0.2) is 5.82 Å². The highest BCUT2D eigenvalue weighted by atomic mass is 32.2. The molecule has 224 valence electrons. The van der Waals surface area contributed by atoms with Crippen LogP contribution in [-0.2, 0) is 16.7 Å². The van der Waals surface area contributed by atoms with Gasteiger partial charge in [-0.2, -0.15) is 24.9 Å². The van der Waals surface area contributed by atoms with Crippen molar-refractivity contribution < 1.29 is 27.9 Å². The van der Waals surface area contributed by atoms with E-state index in [0.29, 0.717) is 43.6 Å². The number of carbonyl (C=O) groups is 2. The Bertz CT molecular complexity index is 1550. The van der Waals surface area contributed by atoms with Crippen molar-refractivity contribution in [3.8, 4) is 10.7 Å². The second-order valence-corrected chi connectivity index (χ2v) is 11.5. The Morgan fingerprint density at radius 2 is 1.74 bits per heavy atom. The molecule has 0 radical (unpaired) electrons. The average molecular weight is 630 g/mol. The van der Waals surface area contributed by atoms with Crippen LogP contribution < -0.4 is 15.1 Å². The highest BCUT2D eigenvalue weighted by molar-refractivity contribution is 7.98. The number of hydrogen-bond acceptors (Lipinski definition) is 10. The standard InChI is InChI=1S/C28H26F3N7O3S2/c29-28(30,31)22-8-9-32-27(35-22)38-12-10-37(11-13-38)23-15-19(33-24(36-23)21-7-4-14-43-21)25(39)34-20(26(40)41)17-42-16-18-5-2-1-3-6-18/h1-9,14-15,20H,10-13,16-17H2,(H,34,39)(H,40,41)/t20-/m0/s1. The van der Waals surface area contributed by atoms with Gasteiger partial charge in [-0.05, 0) is 23.1 Å². The molecule has 0 spiro atoms. The molecule has 4 heterocycles. The van der Waals surface area contributed by atoms with E-state index in [1.807, 2.05) is 52.7 Å². The largest absolute Gasteiger partial charge is 0.480 e. The summed E-state index contributed by atoms with van der Waals surface area (Å²) in [7, 11) is 0. The van der Waals surface area contributed by atoms with E-state index < -0.39 is 29.8 Å². The first kappa shape index (κ1) is 30.2. The van der Waals surface area contributed by atoms with Crippen molar-refractivity contribution in [2.75, 3.05) is 41.7 Å². The molecule has 4 aromatic rings. The Hall–Kier alpha value is -4.24. The second-order valence-electron chi connectivity index (χ2n) is 9.49. The van der Waals surface area contributed by atoms with Gasteiger partial charge in [0.05, 0.1) is 4.88 Å². The number of alkyl halides is 3. The summed E-state index contributed by atoms with van der Waals surface area (Å²) in [5, 5.41) is 14.2. The normalized spacial score (nSPS) is 14.4. The third-order valence-electron chi connectivity index (χ3n) is 6.51. The molecular weight excluding hydrogens is 603 g/mol. The number of thiophene rings is 1. The number of benzene rings is 1. The number of nitrogens with zero attached hydrogens (tertiary/aromatic N) is 6. The van der Waals surface area contributed by atoms with Crippen molar-refractivity contribution in [3.63, 3.8) is 0 Å². The van der Waals surface area contributed by atoms with E-state index in [1.165, 1.54) is 29.2 Å². The molecule has 0 aliphatic carbocycles. The third kappa shape index (κ3) is 7.78. The molecule has 43 heavy (non-hydrogen) atoms. The van der Waals surface area contributed by atoms with E-state index >= 15 is 0 Å². The lowest BCUT2D eigenvalue weighted by atomic mass is 10.2. The van der Waals surface area contributed by atoms with Crippen molar-refractivity contribution in [2.24, 2.45) is 0 Å². The first-order valence-electron chi connectivity index (χ1n) is 13.2. The van der Waals surface area contributed by atoms with Crippen LogP contribution in [-0.4, -0.2) is 74.9 Å². The van der Waals surface area contributed by atoms with Crippen LogP contribution in [0.4, 0.5) is 24.9 Å². The highest BCUT2D eigenvalue weighted by Crippen LogP contribution is 2.29. The summed E-state index contributed by atoms with van der Waals surface area (Å²) in [5.74, 6) is -0.310. The molecule has 1 atom stereocenters. The molecule has 1 aliphatic rings. The third-order valence-corrected chi connectivity index (χ3v) is 8.48. The average Bonchev–Trinajstić information content (AvgIpc) is 3.56. The second kappa shape index (κ2) is 13.4. The molecule has 3 aromatic heterocycles. The molecule has 5 rings (SSSR count). The fourth-order valence-electron chi connectivity index (χ4n) is 4.30. The maximum Gasteiger partial charge on any atom is 0.433 e. The van der Waals surface area contributed by atoms with Crippen LogP contribution >= 0.6 is 23.1 Å². The van der Waals surface area contributed by atoms with Crippen LogP contribution in [0.25, 0.3) is 10.7 Å². The predicted molar refractivity (Wildman–Crippen MR) is 158 cm³/mol. The Kier molecular flexibility index (Phi) is 9.40. The molecular formula is C28H26F3N7O3S2. The lowest BCUT2D eigenvalue weighted by Gasteiger charge is -2.35. The van der Waals surface area contributed by atoms with Crippen molar-refractivity contribution in [1.29, 1.82) is 0 Å². The minimum absolute atomic E-state index is 0.0105. The number of nitrogens with one attached hydrogen (secondary N) is 1. The SMILES string of the molecule is O=C(N[C@@H](CSCc1ccccc1)C(=O)O)c1cc(N2CCN(c3nccc(C(F)(F)F)n3)CC2)nc(-c2cccs2)n1. The lowest BCUT2D eigenvalue weighted by molar-refractivity contribution is -0.141. The molecule has 2 N–H and O–H groups in total. The van der Waals surface area contributed by atoms with Crippen LogP contribution in [0.2, 0.25) is 0 Å². The molecule has 1 amide bonds. The van der Waals surface area contributed by atoms with Gasteiger partial charge in [-0.15, -0.1) is 11.3 Å². The fourth-order valence-corrected chi connectivity index (χ4v) is 5.96. The monoisotopic (exact) mass is 629 g/mol. The van der Waals surface area contributed by atoms with Gasteiger partial charge in [-0.25, -0.2) is 24.7 Å². The zero-order chi connectivity index (χ0) is 30.4. The van der Waals surface area contributed by atoms with Crippen molar-refractivity contribution in [1.82, 2.24) is 25.3 Å². The number of carbonyl (C=O) groups excluding carboxylic acids is 1. The van der Waals surface area contributed by atoms with E-state index in [-0.39, 0.29) is 17.4 Å². The summed E-state index contributed by atoms with van der Waals surface area (Å²) in [6.45, 7) is 1.38. The summed E-state index contributed by atoms with van der Waals surface area (Å²) in [5.41, 5.74) is 0.0465. The molecule has 1 aliphatic heterocycles. The van der Waals surface area contributed by atoms with Gasteiger partial charge < -0.3 is 20.2 Å². The Morgan fingerprint density at radius 3 is 2.42 bits per heavy atom. The van der Waals surface area contributed by atoms with E-state index in [2.05, 4.69) is 25.3 Å². The quantitative estimate of drug-likeness (QED) is 0.260. The summed E-state index contributed by atoms with van der Waals surface area (Å²) >= 11 is 2.79. The number of anilines is 2. The number of halogens is 3. The number of carboxylic acid groups (broad SMARTS) is 1. The summed E-state index contributed by atoms with van der Waals surface area (Å²) < 4.78 is 39.4. The zero-order valence-electron chi connectivity index (χ0n) is 22.6.